The predicted molar refractivity (Wildman–Crippen MR) is 134 cm³/mol. The minimum atomic E-state index is -3.03. The molecule has 0 saturated carbocycles. The second kappa shape index (κ2) is 9.27. The number of aryl methyl sites for hydroxylation is 1. The molecule has 8 heteroatoms. The summed E-state index contributed by atoms with van der Waals surface area (Å²) in [6.45, 7) is 6.47. The van der Waals surface area contributed by atoms with Crippen LogP contribution in [-0.4, -0.2) is 48.8 Å². The fraction of sp³-hybridized carbons (Fsp3) is 0.417. The molecule has 0 aromatic heterocycles. The van der Waals surface area contributed by atoms with Crippen LogP contribution in [0.25, 0.3) is 0 Å². The number of hydrogen-bond acceptors (Lipinski definition) is 6. The van der Waals surface area contributed by atoms with E-state index in [0.717, 1.165) is 23.4 Å². The Balaban J connectivity index is 1.57. The molecule has 0 bridgehead atoms. The van der Waals surface area contributed by atoms with Gasteiger partial charge in [0.15, 0.2) is 15.0 Å². The quantitative estimate of drug-likeness (QED) is 0.687. The van der Waals surface area contributed by atoms with Crippen LogP contribution >= 0.6 is 11.8 Å². The summed E-state index contributed by atoms with van der Waals surface area (Å²) in [7, 11) is -3.03. The molecule has 2 atom stereocenters. The maximum absolute atomic E-state index is 13.0. The largest absolute Gasteiger partial charge is 0.325 e. The summed E-state index contributed by atoms with van der Waals surface area (Å²) in [5.74, 6) is 0.504. The van der Waals surface area contributed by atoms with Gasteiger partial charge in [0.25, 0.3) is 0 Å². The summed E-state index contributed by atoms with van der Waals surface area (Å²) in [6.07, 6.45) is 0.900. The molecule has 2 unspecified atom stereocenters. The van der Waals surface area contributed by atoms with E-state index in [9.17, 15) is 13.2 Å². The number of rotatable bonds is 6. The third-order valence-electron chi connectivity index (χ3n) is 5.83. The van der Waals surface area contributed by atoms with Crippen molar-refractivity contribution in [3.8, 4) is 0 Å². The lowest BCUT2D eigenvalue weighted by Gasteiger charge is -2.24. The number of nitrogens with one attached hydrogen (secondary N) is 1. The standard InChI is InChI=1S/C24H29N3O3S2/c1-4-17-6-5-7-19(12-17)25-23(28)13-27(20-10-8-18(9-11-20)16(2)3)24-26-21-14-32(29,30)15-22(21)31-24/h5-12,16,21-22H,4,13-15H2,1-3H3,(H,25,28). The van der Waals surface area contributed by atoms with Gasteiger partial charge in [0, 0.05) is 16.6 Å². The van der Waals surface area contributed by atoms with E-state index in [1.165, 1.54) is 17.3 Å². The number of carbonyl (C=O) groups is 1. The molecular formula is C24H29N3O3S2. The minimum absolute atomic E-state index is 0.0725. The van der Waals surface area contributed by atoms with Crippen LogP contribution < -0.4 is 10.2 Å². The summed E-state index contributed by atoms with van der Waals surface area (Å²) in [6, 6.07) is 15.8. The van der Waals surface area contributed by atoms with Crippen LogP contribution in [0.3, 0.4) is 0 Å². The fourth-order valence-corrected chi connectivity index (χ4v) is 7.77. The lowest BCUT2D eigenvalue weighted by Crippen LogP contribution is -2.36. The second-order valence-corrected chi connectivity index (χ2v) is 12.0. The normalized spacial score (nSPS) is 21.3. The Morgan fingerprint density at radius 2 is 1.94 bits per heavy atom. The van der Waals surface area contributed by atoms with Gasteiger partial charge in [-0.3, -0.25) is 9.79 Å². The van der Waals surface area contributed by atoms with Gasteiger partial charge in [-0.15, -0.1) is 0 Å². The number of aliphatic imine (C=N–C) groups is 1. The van der Waals surface area contributed by atoms with Crippen molar-refractivity contribution in [3.63, 3.8) is 0 Å². The van der Waals surface area contributed by atoms with Crippen molar-refractivity contribution in [1.82, 2.24) is 0 Å². The van der Waals surface area contributed by atoms with Crippen molar-refractivity contribution in [2.75, 3.05) is 28.3 Å². The van der Waals surface area contributed by atoms with Crippen molar-refractivity contribution < 1.29 is 13.2 Å². The van der Waals surface area contributed by atoms with Crippen LogP contribution in [0, 0.1) is 0 Å². The van der Waals surface area contributed by atoms with Crippen molar-refractivity contribution in [2.45, 2.75) is 44.4 Å². The summed E-state index contributed by atoms with van der Waals surface area (Å²) in [5, 5.41) is 3.63. The van der Waals surface area contributed by atoms with E-state index in [1.807, 2.05) is 41.3 Å². The number of carbonyl (C=O) groups excluding carboxylic acids is 1. The van der Waals surface area contributed by atoms with E-state index in [-0.39, 0.29) is 35.2 Å². The molecule has 0 radical (unpaired) electrons. The van der Waals surface area contributed by atoms with E-state index < -0.39 is 9.84 Å². The number of hydrogen-bond donors (Lipinski definition) is 1. The van der Waals surface area contributed by atoms with Crippen molar-refractivity contribution in [2.24, 2.45) is 4.99 Å². The van der Waals surface area contributed by atoms with E-state index in [1.54, 1.807) is 0 Å². The third kappa shape index (κ3) is 5.18. The molecule has 1 saturated heterocycles. The lowest BCUT2D eigenvalue weighted by molar-refractivity contribution is -0.114. The Kier molecular flexibility index (Phi) is 6.62. The van der Waals surface area contributed by atoms with Gasteiger partial charge < -0.3 is 10.2 Å². The van der Waals surface area contributed by atoms with Crippen molar-refractivity contribution in [1.29, 1.82) is 0 Å². The van der Waals surface area contributed by atoms with Crippen LogP contribution in [0.5, 0.6) is 0 Å². The van der Waals surface area contributed by atoms with E-state index in [0.29, 0.717) is 11.1 Å². The number of amidine groups is 1. The monoisotopic (exact) mass is 471 g/mol. The minimum Gasteiger partial charge on any atom is -0.325 e. The maximum atomic E-state index is 13.0. The molecule has 2 aliphatic rings. The predicted octanol–water partition coefficient (Wildman–Crippen LogP) is 4.09. The first-order valence-electron chi connectivity index (χ1n) is 11.0. The Bertz CT molecular complexity index is 1130. The van der Waals surface area contributed by atoms with Gasteiger partial charge in [-0.25, -0.2) is 8.42 Å². The van der Waals surface area contributed by atoms with E-state index in [2.05, 4.69) is 38.2 Å². The molecule has 4 rings (SSSR count). The first-order chi connectivity index (χ1) is 15.2. The van der Waals surface area contributed by atoms with Crippen molar-refractivity contribution in [3.05, 3.63) is 59.7 Å². The molecule has 2 heterocycles. The first-order valence-corrected chi connectivity index (χ1v) is 13.7. The average Bonchev–Trinajstić information content (AvgIpc) is 3.25. The lowest BCUT2D eigenvalue weighted by atomic mass is 10.0. The molecular weight excluding hydrogens is 442 g/mol. The zero-order valence-corrected chi connectivity index (χ0v) is 20.2. The molecule has 0 spiro atoms. The zero-order chi connectivity index (χ0) is 22.9. The third-order valence-corrected chi connectivity index (χ3v) is 9.08. The molecule has 2 aliphatic heterocycles. The smallest absolute Gasteiger partial charge is 0.244 e. The SMILES string of the molecule is CCc1cccc(NC(=O)CN(C2=NC3CS(=O)(=O)CC3S2)c2ccc(C(C)C)cc2)c1. The van der Waals surface area contributed by atoms with Gasteiger partial charge in [-0.1, -0.05) is 56.8 Å². The summed E-state index contributed by atoms with van der Waals surface area (Å²) in [4.78, 5) is 19.6. The van der Waals surface area contributed by atoms with Crippen LogP contribution in [0.15, 0.2) is 53.5 Å². The van der Waals surface area contributed by atoms with Crippen LogP contribution in [0.2, 0.25) is 0 Å². The second-order valence-electron chi connectivity index (χ2n) is 8.65. The Morgan fingerprint density at radius 3 is 2.59 bits per heavy atom. The number of anilines is 2. The van der Waals surface area contributed by atoms with Crippen LogP contribution in [0.4, 0.5) is 11.4 Å². The van der Waals surface area contributed by atoms with Crippen molar-refractivity contribution >= 4 is 44.0 Å². The Labute approximate surface area is 194 Å². The summed E-state index contributed by atoms with van der Waals surface area (Å²) >= 11 is 1.47. The molecule has 2 aromatic carbocycles. The van der Waals surface area contributed by atoms with E-state index in [4.69, 9.17) is 4.99 Å². The Morgan fingerprint density at radius 1 is 1.19 bits per heavy atom. The zero-order valence-electron chi connectivity index (χ0n) is 18.6. The van der Waals surface area contributed by atoms with Crippen LogP contribution in [0.1, 0.15) is 37.8 Å². The molecule has 1 fully saturated rings. The van der Waals surface area contributed by atoms with Crippen LogP contribution in [-0.2, 0) is 21.1 Å². The Hall–Kier alpha value is -2.32. The number of amides is 1. The van der Waals surface area contributed by atoms with Gasteiger partial charge in [0.1, 0.15) is 6.54 Å². The number of benzene rings is 2. The number of fused-ring (bicyclic) bond motifs is 1. The van der Waals surface area contributed by atoms with Gasteiger partial charge in [-0.2, -0.15) is 0 Å². The maximum Gasteiger partial charge on any atom is 0.244 e. The van der Waals surface area contributed by atoms with Gasteiger partial charge in [0.2, 0.25) is 5.91 Å². The van der Waals surface area contributed by atoms with E-state index >= 15 is 0 Å². The highest BCUT2D eigenvalue weighted by Crippen LogP contribution is 2.37. The first kappa shape index (κ1) is 22.9. The highest BCUT2D eigenvalue weighted by Gasteiger charge is 2.44. The molecule has 0 aliphatic carbocycles. The van der Waals surface area contributed by atoms with Gasteiger partial charge in [-0.05, 0) is 47.7 Å². The number of sulfone groups is 1. The highest BCUT2D eigenvalue weighted by atomic mass is 32.2. The van der Waals surface area contributed by atoms with Gasteiger partial charge >= 0.3 is 0 Å². The number of thioether (sulfide) groups is 1. The number of nitrogens with zero attached hydrogens (tertiary/aromatic N) is 2. The topological polar surface area (TPSA) is 78.8 Å². The van der Waals surface area contributed by atoms with Gasteiger partial charge in [0.05, 0.1) is 17.5 Å². The average molecular weight is 472 g/mol. The molecule has 1 amide bonds. The highest BCUT2D eigenvalue weighted by molar-refractivity contribution is 8.15. The molecule has 1 N–H and O–H groups in total. The molecule has 2 aromatic rings. The molecule has 170 valence electrons. The molecule has 6 nitrogen and oxygen atoms in total. The fourth-order valence-electron chi connectivity index (χ4n) is 3.99. The molecule has 32 heavy (non-hydrogen) atoms. The summed E-state index contributed by atoms with van der Waals surface area (Å²) < 4.78 is 23.9. The summed E-state index contributed by atoms with van der Waals surface area (Å²) in [5.41, 5.74) is 4.03.